The minimum atomic E-state index is 0. The summed E-state index contributed by atoms with van der Waals surface area (Å²) in [7, 11) is 0. The lowest BCUT2D eigenvalue weighted by molar-refractivity contribution is 0.649. The van der Waals surface area contributed by atoms with Crippen molar-refractivity contribution in [1.29, 1.82) is 0 Å². The van der Waals surface area contributed by atoms with Crippen molar-refractivity contribution in [1.82, 2.24) is 20.2 Å². The molecule has 4 rings (SSSR count). The van der Waals surface area contributed by atoms with Crippen LogP contribution in [0.4, 0.5) is 5.69 Å². The Hall–Kier alpha value is -2.55. The van der Waals surface area contributed by atoms with Gasteiger partial charge in [0.05, 0.1) is 12.9 Å². The third kappa shape index (κ3) is 6.72. The van der Waals surface area contributed by atoms with Crippen molar-refractivity contribution >= 4 is 35.6 Å². The van der Waals surface area contributed by atoms with Gasteiger partial charge in [0.1, 0.15) is 0 Å². The van der Waals surface area contributed by atoms with Crippen LogP contribution in [-0.4, -0.2) is 41.2 Å². The summed E-state index contributed by atoms with van der Waals surface area (Å²) in [5, 5.41) is 7.00. The molecular weight excluding hydrogens is 499 g/mol. The molecule has 3 aromatic rings. The zero-order valence-electron chi connectivity index (χ0n) is 17.9. The van der Waals surface area contributed by atoms with E-state index in [4.69, 9.17) is 4.99 Å². The van der Waals surface area contributed by atoms with Crippen LogP contribution in [0.2, 0.25) is 0 Å². The summed E-state index contributed by atoms with van der Waals surface area (Å²) in [6, 6.07) is 19.7. The van der Waals surface area contributed by atoms with Crippen molar-refractivity contribution in [3.8, 4) is 0 Å². The molecule has 31 heavy (non-hydrogen) atoms. The first-order valence-electron chi connectivity index (χ1n) is 10.7. The van der Waals surface area contributed by atoms with E-state index in [1.54, 1.807) is 0 Å². The molecule has 0 saturated carbocycles. The SMILES string of the molecule is CCNC(=NCc1ccc(Cn2ccnc2)cc1)NC1CCN(c2ccccc2)C1.I. The molecule has 0 spiro atoms. The van der Waals surface area contributed by atoms with E-state index in [-0.39, 0.29) is 24.0 Å². The van der Waals surface area contributed by atoms with Crippen molar-refractivity contribution in [3.05, 3.63) is 84.4 Å². The molecule has 1 fully saturated rings. The van der Waals surface area contributed by atoms with E-state index in [0.29, 0.717) is 12.6 Å². The van der Waals surface area contributed by atoms with Gasteiger partial charge in [-0.2, -0.15) is 0 Å². The molecule has 1 aromatic heterocycles. The lowest BCUT2D eigenvalue weighted by Gasteiger charge is -2.20. The number of aliphatic imine (C=N–C) groups is 1. The largest absolute Gasteiger partial charge is 0.369 e. The van der Waals surface area contributed by atoms with Crippen LogP contribution in [0.1, 0.15) is 24.5 Å². The Labute approximate surface area is 201 Å². The normalized spacial score (nSPS) is 16.1. The predicted molar refractivity (Wildman–Crippen MR) is 138 cm³/mol. The maximum Gasteiger partial charge on any atom is 0.191 e. The van der Waals surface area contributed by atoms with Crippen LogP contribution in [0.25, 0.3) is 0 Å². The van der Waals surface area contributed by atoms with Crippen molar-refractivity contribution in [2.45, 2.75) is 32.5 Å². The van der Waals surface area contributed by atoms with E-state index < -0.39 is 0 Å². The third-order valence-corrected chi connectivity index (χ3v) is 5.36. The smallest absolute Gasteiger partial charge is 0.191 e. The third-order valence-electron chi connectivity index (χ3n) is 5.36. The molecule has 0 amide bonds. The first kappa shape index (κ1) is 23.1. The highest BCUT2D eigenvalue weighted by molar-refractivity contribution is 14.0. The molecule has 2 heterocycles. The van der Waals surface area contributed by atoms with Gasteiger partial charge in [0.15, 0.2) is 5.96 Å². The van der Waals surface area contributed by atoms with E-state index in [0.717, 1.165) is 38.6 Å². The molecule has 2 N–H and O–H groups in total. The van der Waals surface area contributed by atoms with Crippen molar-refractivity contribution in [3.63, 3.8) is 0 Å². The highest BCUT2D eigenvalue weighted by Gasteiger charge is 2.23. The number of imidazole rings is 1. The predicted octanol–water partition coefficient (Wildman–Crippen LogP) is 3.88. The van der Waals surface area contributed by atoms with Gasteiger partial charge in [0, 0.05) is 50.3 Å². The molecular formula is C24H31IN6. The van der Waals surface area contributed by atoms with E-state index in [9.17, 15) is 0 Å². The molecule has 1 unspecified atom stereocenters. The van der Waals surface area contributed by atoms with E-state index >= 15 is 0 Å². The second-order valence-corrected chi connectivity index (χ2v) is 7.66. The second kappa shape index (κ2) is 11.7. The van der Waals surface area contributed by atoms with E-state index in [1.165, 1.54) is 16.8 Å². The number of hydrogen-bond acceptors (Lipinski definition) is 3. The van der Waals surface area contributed by atoms with Gasteiger partial charge >= 0.3 is 0 Å². The van der Waals surface area contributed by atoms with Crippen molar-refractivity contribution in [2.75, 3.05) is 24.5 Å². The summed E-state index contributed by atoms with van der Waals surface area (Å²) in [5.74, 6) is 0.889. The Kier molecular flexibility index (Phi) is 8.75. The average Bonchev–Trinajstić information content (AvgIpc) is 3.46. The number of rotatable bonds is 7. The van der Waals surface area contributed by atoms with Gasteiger partial charge in [-0.15, -0.1) is 24.0 Å². The van der Waals surface area contributed by atoms with Crippen LogP contribution in [0.3, 0.4) is 0 Å². The fraction of sp³-hybridized carbons (Fsp3) is 0.333. The monoisotopic (exact) mass is 530 g/mol. The summed E-state index contributed by atoms with van der Waals surface area (Å²) in [5.41, 5.74) is 3.76. The van der Waals surface area contributed by atoms with E-state index in [1.807, 2.05) is 18.7 Å². The second-order valence-electron chi connectivity index (χ2n) is 7.66. The van der Waals surface area contributed by atoms with Gasteiger partial charge in [0.25, 0.3) is 0 Å². The molecule has 1 atom stereocenters. The quantitative estimate of drug-likeness (QED) is 0.277. The van der Waals surface area contributed by atoms with Crippen molar-refractivity contribution in [2.24, 2.45) is 4.99 Å². The summed E-state index contributed by atoms with van der Waals surface area (Å²) < 4.78 is 2.07. The first-order valence-corrected chi connectivity index (χ1v) is 10.7. The number of guanidine groups is 1. The lowest BCUT2D eigenvalue weighted by Crippen LogP contribution is -2.44. The zero-order chi connectivity index (χ0) is 20.6. The average molecular weight is 530 g/mol. The van der Waals surface area contributed by atoms with Crippen molar-refractivity contribution < 1.29 is 0 Å². The van der Waals surface area contributed by atoms with Crippen LogP contribution < -0.4 is 15.5 Å². The first-order chi connectivity index (χ1) is 14.8. The molecule has 1 saturated heterocycles. The van der Waals surface area contributed by atoms with Gasteiger partial charge in [-0.1, -0.05) is 42.5 Å². The molecule has 164 valence electrons. The number of benzene rings is 2. The fourth-order valence-electron chi connectivity index (χ4n) is 3.78. The number of para-hydroxylation sites is 1. The Balaban J connectivity index is 0.00000272. The van der Waals surface area contributed by atoms with Crippen LogP contribution in [0.5, 0.6) is 0 Å². The summed E-state index contributed by atoms with van der Waals surface area (Å²) in [4.78, 5) is 11.3. The van der Waals surface area contributed by atoms with Gasteiger partial charge in [-0.05, 0) is 36.6 Å². The topological polar surface area (TPSA) is 57.5 Å². The highest BCUT2D eigenvalue weighted by Crippen LogP contribution is 2.19. The minimum absolute atomic E-state index is 0. The van der Waals surface area contributed by atoms with Crippen LogP contribution in [0.15, 0.2) is 78.3 Å². The molecule has 0 aliphatic carbocycles. The lowest BCUT2D eigenvalue weighted by atomic mass is 10.1. The summed E-state index contributed by atoms with van der Waals surface area (Å²) >= 11 is 0. The number of aromatic nitrogens is 2. The van der Waals surface area contributed by atoms with Gasteiger partial charge in [0.2, 0.25) is 0 Å². The molecule has 0 bridgehead atoms. The van der Waals surface area contributed by atoms with Gasteiger partial charge in [-0.3, -0.25) is 0 Å². The van der Waals surface area contributed by atoms with Crippen LogP contribution in [0, 0.1) is 0 Å². The van der Waals surface area contributed by atoms with Gasteiger partial charge < -0.3 is 20.1 Å². The minimum Gasteiger partial charge on any atom is -0.369 e. The number of nitrogens with one attached hydrogen (secondary N) is 2. The molecule has 2 aromatic carbocycles. The molecule has 1 aliphatic heterocycles. The molecule has 7 heteroatoms. The summed E-state index contributed by atoms with van der Waals surface area (Å²) in [6.45, 7) is 6.53. The Morgan fingerprint density at radius 3 is 2.58 bits per heavy atom. The number of anilines is 1. The van der Waals surface area contributed by atoms with Crippen LogP contribution >= 0.6 is 24.0 Å². The van der Waals surface area contributed by atoms with Gasteiger partial charge in [-0.25, -0.2) is 9.98 Å². The van der Waals surface area contributed by atoms with E-state index in [2.05, 4.69) is 86.6 Å². The molecule has 0 radical (unpaired) electrons. The Morgan fingerprint density at radius 2 is 1.87 bits per heavy atom. The fourth-order valence-corrected chi connectivity index (χ4v) is 3.78. The summed E-state index contributed by atoms with van der Waals surface area (Å²) in [6.07, 6.45) is 6.74. The zero-order valence-corrected chi connectivity index (χ0v) is 20.3. The maximum atomic E-state index is 4.81. The Bertz CT molecular complexity index is 924. The van der Waals surface area contributed by atoms with Crippen LogP contribution in [-0.2, 0) is 13.1 Å². The standard InChI is InChI=1S/C24H30N6.HI/c1-2-26-24(28-22-12-14-30(18-22)23-6-4-3-5-7-23)27-16-20-8-10-21(11-9-20)17-29-15-13-25-19-29;/h3-11,13,15,19,22H,2,12,14,16-18H2,1H3,(H2,26,27,28);1H. The highest BCUT2D eigenvalue weighted by atomic mass is 127. The maximum absolute atomic E-state index is 4.81. The Morgan fingerprint density at radius 1 is 1.10 bits per heavy atom. The molecule has 6 nitrogen and oxygen atoms in total. The number of hydrogen-bond donors (Lipinski definition) is 2. The molecule has 1 aliphatic rings. The number of nitrogens with zero attached hydrogens (tertiary/aromatic N) is 4. The number of halogens is 1.